The molecule has 1 heteroatoms. The molecule has 0 amide bonds. The van der Waals surface area contributed by atoms with Gasteiger partial charge in [0, 0.05) is 5.69 Å². The van der Waals surface area contributed by atoms with Crippen molar-refractivity contribution in [1.29, 1.82) is 0 Å². The molecule has 0 radical (unpaired) electrons. The van der Waals surface area contributed by atoms with E-state index in [1.807, 2.05) is 12.1 Å². The topological polar surface area (TPSA) is 12.0 Å². The lowest BCUT2D eigenvalue weighted by Crippen LogP contribution is -2.08. The molecular formula is C22H21N. The van der Waals surface area contributed by atoms with Crippen LogP contribution in [0, 0.1) is 6.92 Å². The van der Waals surface area contributed by atoms with Crippen LogP contribution < -0.4 is 5.32 Å². The summed E-state index contributed by atoms with van der Waals surface area (Å²) in [5, 5.41) is 3.60. The van der Waals surface area contributed by atoms with Crippen molar-refractivity contribution in [3.05, 3.63) is 108 Å². The minimum atomic E-state index is 0.137. The van der Waals surface area contributed by atoms with Crippen LogP contribution in [0.2, 0.25) is 0 Å². The molecule has 1 nitrogen and oxygen atoms in total. The second-order valence-corrected chi connectivity index (χ2v) is 5.67. The maximum Gasteiger partial charge on any atom is 0.0701 e. The van der Waals surface area contributed by atoms with E-state index < -0.39 is 0 Å². The van der Waals surface area contributed by atoms with Gasteiger partial charge in [0.15, 0.2) is 0 Å². The molecule has 0 spiro atoms. The fourth-order valence-electron chi connectivity index (χ4n) is 2.50. The zero-order valence-electron chi connectivity index (χ0n) is 13.3. The lowest BCUT2D eigenvalue weighted by molar-refractivity contribution is 0.988. The number of aryl methyl sites for hydroxylation is 1. The van der Waals surface area contributed by atoms with Gasteiger partial charge in [-0.1, -0.05) is 90.5 Å². The zero-order chi connectivity index (χ0) is 15.9. The van der Waals surface area contributed by atoms with E-state index in [0.29, 0.717) is 0 Å². The van der Waals surface area contributed by atoms with Crippen LogP contribution in [-0.2, 0) is 0 Å². The summed E-state index contributed by atoms with van der Waals surface area (Å²) in [6, 6.07) is 29.5. The van der Waals surface area contributed by atoms with Crippen LogP contribution in [0.15, 0.2) is 91.0 Å². The van der Waals surface area contributed by atoms with Crippen molar-refractivity contribution < 1.29 is 0 Å². The van der Waals surface area contributed by atoms with E-state index in [1.54, 1.807) is 0 Å². The van der Waals surface area contributed by atoms with E-state index in [0.717, 1.165) is 5.69 Å². The van der Waals surface area contributed by atoms with Crippen LogP contribution in [0.25, 0.3) is 6.08 Å². The molecule has 0 heterocycles. The Morgan fingerprint density at radius 2 is 1.35 bits per heavy atom. The maximum absolute atomic E-state index is 3.60. The molecule has 0 saturated heterocycles. The lowest BCUT2D eigenvalue weighted by Gasteiger charge is -2.17. The quantitative estimate of drug-likeness (QED) is 0.622. The van der Waals surface area contributed by atoms with E-state index >= 15 is 0 Å². The highest BCUT2D eigenvalue weighted by molar-refractivity contribution is 5.54. The predicted molar refractivity (Wildman–Crippen MR) is 99.5 cm³/mol. The molecule has 114 valence electrons. The standard InChI is InChI=1S/C22H21N/c1-18-12-15-20(16-13-18)22(23-21-10-6-3-7-11-21)17-14-19-8-4-2-5-9-19/h2-17,22-23H,1H3. The number of nitrogens with one attached hydrogen (secondary N) is 1. The fraction of sp³-hybridized carbons (Fsp3) is 0.0909. The molecule has 23 heavy (non-hydrogen) atoms. The first-order valence-electron chi connectivity index (χ1n) is 7.93. The normalized spacial score (nSPS) is 12.2. The van der Waals surface area contributed by atoms with Gasteiger partial charge in [-0.15, -0.1) is 0 Å². The molecule has 1 N–H and O–H groups in total. The second kappa shape index (κ2) is 7.46. The van der Waals surface area contributed by atoms with Gasteiger partial charge in [0.05, 0.1) is 6.04 Å². The van der Waals surface area contributed by atoms with Gasteiger partial charge in [-0.3, -0.25) is 0 Å². The second-order valence-electron chi connectivity index (χ2n) is 5.67. The van der Waals surface area contributed by atoms with Crippen molar-refractivity contribution in [3.8, 4) is 0 Å². The lowest BCUT2D eigenvalue weighted by atomic mass is 10.0. The molecule has 3 aromatic carbocycles. The summed E-state index contributed by atoms with van der Waals surface area (Å²) < 4.78 is 0. The smallest absolute Gasteiger partial charge is 0.0701 e. The third kappa shape index (κ3) is 4.33. The number of rotatable bonds is 5. The summed E-state index contributed by atoms with van der Waals surface area (Å²) in [7, 11) is 0. The number of anilines is 1. The van der Waals surface area contributed by atoms with E-state index in [2.05, 4.69) is 97.2 Å². The van der Waals surface area contributed by atoms with Crippen LogP contribution in [0.1, 0.15) is 22.7 Å². The summed E-state index contributed by atoms with van der Waals surface area (Å²) >= 11 is 0. The van der Waals surface area contributed by atoms with Crippen molar-refractivity contribution in [2.45, 2.75) is 13.0 Å². The Hall–Kier alpha value is -2.80. The Balaban J connectivity index is 1.86. The molecule has 3 aromatic rings. The molecule has 0 saturated carbocycles. The summed E-state index contributed by atoms with van der Waals surface area (Å²) in [4.78, 5) is 0. The largest absolute Gasteiger partial charge is 0.375 e. The number of hydrogen-bond donors (Lipinski definition) is 1. The Morgan fingerprint density at radius 1 is 0.739 bits per heavy atom. The van der Waals surface area contributed by atoms with Crippen molar-refractivity contribution >= 4 is 11.8 Å². The van der Waals surface area contributed by atoms with Crippen molar-refractivity contribution in [2.24, 2.45) is 0 Å². The Labute approximate surface area is 138 Å². The van der Waals surface area contributed by atoms with E-state index in [4.69, 9.17) is 0 Å². The molecule has 0 bridgehead atoms. The van der Waals surface area contributed by atoms with Gasteiger partial charge in [-0.05, 0) is 30.2 Å². The van der Waals surface area contributed by atoms with Crippen molar-refractivity contribution in [2.75, 3.05) is 5.32 Å². The first-order chi connectivity index (χ1) is 11.3. The average Bonchev–Trinajstić information content (AvgIpc) is 2.61. The molecule has 3 rings (SSSR count). The Bertz CT molecular complexity index is 743. The van der Waals surface area contributed by atoms with Crippen molar-refractivity contribution in [1.82, 2.24) is 0 Å². The van der Waals surface area contributed by atoms with Crippen LogP contribution in [0.4, 0.5) is 5.69 Å². The Kier molecular flexibility index (Phi) is 4.90. The number of para-hydroxylation sites is 1. The molecule has 0 aliphatic carbocycles. The molecule has 0 fully saturated rings. The van der Waals surface area contributed by atoms with Crippen LogP contribution in [0.5, 0.6) is 0 Å². The SMILES string of the molecule is Cc1ccc(C(C=Cc2ccccc2)Nc2ccccc2)cc1. The highest BCUT2D eigenvalue weighted by Crippen LogP contribution is 2.22. The zero-order valence-corrected chi connectivity index (χ0v) is 13.3. The van der Waals surface area contributed by atoms with E-state index in [-0.39, 0.29) is 6.04 Å². The maximum atomic E-state index is 3.60. The summed E-state index contributed by atoms with van der Waals surface area (Å²) in [6.07, 6.45) is 4.38. The monoisotopic (exact) mass is 299 g/mol. The summed E-state index contributed by atoms with van der Waals surface area (Å²) in [5.74, 6) is 0. The first kappa shape index (κ1) is 15.1. The molecule has 0 aromatic heterocycles. The van der Waals surface area contributed by atoms with E-state index in [9.17, 15) is 0 Å². The van der Waals surface area contributed by atoms with Crippen LogP contribution >= 0.6 is 0 Å². The van der Waals surface area contributed by atoms with Crippen LogP contribution in [-0.4, -0.2) is 0 Å². The highest BCUT2D eigenvalue weighted by atomic mass is 14.9. The first-order valence-corrected chi connectivity index (χ1v) is 7.93. The average molecular weight is 299 g/mol. The molecule has 1 unspecified atom stereocenters. The summed E-state index contributed by atoms with van der Waals surface area (Å²) in [6.45, 7) is 2.11. The predicted octanol–water partition coefficient (Wildman–Crippen LogP) is 5.86. The Morgan fingerprint density at radius 3 is 2.00 bits per heavy atom. The molecule has 0 aliphatic heterocycles. The van der Waals surface area contributed by atoms with Gasteiger partial charge in [0.2, 0.25) is 0 Å². The van der Waals surface area contributed by atoms with Gasteiger partial charge in [0.1, 0.15) is 0 Å². The number of benzene rings is 3. The molecule has 0 aliphatic rings. The van der Waals surface area contributed by atoms with Crippen molar-refractivity contribution in [3.63, 3.8) is 0 Å². The van der Waals surface area contributed by atoms with Gasteiger partial charge in [0.25, 0.3) is 0 Å². The van der Waals surface area contributed by atoms with Gasteiger partial charge in [-0.2, -0.15) is 0 Å². The molecular weight excluding hydrogens is 278 g/mol. The van der Waals surface area contributed by atoms with Gasteiger partial charge in [-0.25, -0.2) is 0 Å². The van der Waals surface area contributed by atoms with Gasteiger partial charge < -0.3 is 5.32 Å². The van der Waals surface area contributed by atoms with Crippen LogP contribution in [0.3, 0.4) is 0 Å². The third-order valence-corrected chi connectivity index (χ3v) is 3.81. The minimum absolute atomic E-state index is 0.137. The summed E-state index contributed by atoms with van der Waals surface area (Å²) in [5.41, 5.74) is 4.86. The fourth-order valence-corrected chi connectivity index (χ4v) is 2.50. The minimum Gasteiger partial charge on any atom is -0.375 e. The molecule has 1 atom stereocenters. The highest BCUT2D eigenvalue weighted by Gasteiger charge is 2.07. The van der Waals surface area contributed by atoms with E-state index in [1.165, 1.54) is 16.7 Å². The van der Waals surface area contributed by atoms with Gasteiger partial charge >= 0.3 is 0 Å². The third-order valence-electron chi connectivity index (χ3n) is 3.81. The number of hydrogen-bond acceptors (Lipinski definition) is 1.